The zero-order valence-corrected chi connectivity index (χ0v) is 21.2. The summed E-state index contributed by atoms with van der Waals surface area (Å²) in [4.78, 5) is 29.9. The van der Waals surface area contributed by atoms with Gasteiger partial charge in [-0.1, -0.05) is 71.8 Å². The van der Waals surface area contributed by atoms with E-state index in [1.807, 2.05) is 0 Å². The molecule has 6 heteroatoms. The summed E-state index contributed by atoms with van der Waals surface area (Å²) in [6, 6.07) is 29.4. The maximum Gasteiger partial charge on any atom is 0.338 e. The van der Waals surface area contributed by atoms with Crippen LogP contribution in [0, 0.1) is 13.8 Å². The van der Waals surface area contributed by atoms with Gasteiger partial charge in [0.05, 0.1) is 22.8 Å². The van der Waals surface area contributed by atoms with Gasteiger partial charge >= 0.3 is 11.9 Å². The molecule has 0 spiro atoms. The summed E-state index contributed by atoms with van der Waals surface area (Å²) in [6.45, 7) is 4.18. The summed E-state index contributed by atoms with van der Waals surface area (Å²) in [7, 11) is 0. The summed E-state index contributed by atoms with van der Waals surface area (Å²) < 4.78 is 3.97. The van der Waals surface area contributed by atoms with Gasteiger partial charge < -0.3 is 4.74 Å². The number of ether oxygens (including phenoxy) is 1. The molecule has 0 unspecified atom stereocenters. The zero-order valence-electron chi connectivity index (χ0n) is 19.7. The van der Waals surface area contributed by atoms with Crippen LogP contribution in [0.1, 0.15) is 22.3 Å². The number of aliphatic imine (C=N–C) groups is 2. The van der Waals surface area contributed by atoms with Crippen LogP contribution in [0.5, 0.6) is 0 Å². The molecule has 0 fully saturated rings. The molecule has 0 saturated heterocycles. The first-order valence-corrected chi connectivity index (χ1v) is 11.3. The smallest absolute Gasteiger partial charge is 0.338 e. The van der Waals surface area contributed by atoms with E-state index in [-0.39, 0.29) is 20.4 Å². The molecule has 0 amide bonds. The maximum absolute atomic E-state index is 9.92. The van der Waals surface area contributed by atoms with E-state index < -0.39 is 11.9 Å². The number of hydrogen-bond acceptors (Lipinski definition) is 5. The third kappa shape index (κ3) is 5.31. The topological polar surface area (TPSA) is 68.1 Å². The van der Waals surface area contributed by atoms with Gasteiger partial charge in [-0.05, 0) is 43.5 Å². The van der Waals surface area contributed by atoms with Gasteiger partial charge in [0.25, 0.3) is 0 Å². The minimum Gasteiger partial charge on any atom is -0.387 e. The van der Waals surface area contributed by atoms with E-state index in [1.165, 1.54) is 21.9 Å². The molecule has 0 aromatic heterocycles. The molecule has 0 atom stereocenters. The van der Waals surface area contributed by atoms with Crippen molar-refractivity contribution < 1.29 is 34.7 Å². The number of hydrogen-bond donors (Lipinski definition) is 0. The number of rotatable bonds is 2. The Morgan fingerprint density at radius 3 is 1.36 bits per heavy atom. The summed E-state index contributed by atoms with van der Waals surface area (Å²) in [6.07, 6.45) is 2.17. The van der Waals surface area contributed by atoms with Crippen LogP contribution >= 0.6 is 0 Å². The molecule has 180 valence electrons. The monoisotopic (exact) mass is 564 g/mol. The first-order chi connectivity index (χ1) is 17.0. The molecule has 4 aromatic carbocycles. The van der Waals surface area contributed by atoms with Gasteiger partial charge in [0.1, 0.15) is 0 Å². The zero-order chi connectivity index (χ0) is 24.4. The Morgan fingerprint density at radius 2 is 1.00 bits per heavy atom. The van der Waals surface area contributed by atoms with E-state index in [2.05, 4.69) is 104 Å². The second-order valence-electron chi connectivity index (χ2n) is 8.37. The van der Waals surface area contributed by atoms with Crippen molar-refractivity contribution in [1.82, 2.24) is 0 Å². The molecule has 0 N–H and O–H groups in total. The number of benzene rings is 4. The number of carbonyl (C=O) groups excluding carboxylic acids is 2. The Morgan fingerprint density at radius 1 is 0.583 bits per heavy atom. The molecule has 6 rings (SSSR count). The molecule has 5 nitrogen and oxygen atoms in total. The molecule has 36 heavy (non-hydrogen) atoms. The molecule has 0 saturated carbocycles. The summed E-state index contributed by atoms with van der Waals surface area (Å²) in [5, 5.41) is 2.46. The van der Waals surface area contributed by atoms with Crippen LogP contribution in [0.25, 0.3) is 10.8 Å². The molecule has 1 aliphatic heterocycles. The third-order valence-electron chi connectivity index (χ3n) is 5.75. The van der Waals surface area contributed by atoms with Crippen molar-refractivity contribution in [3.8, 4) is 0 Å². The minimum atomic E-state index is -0.579. The summed E-state index contributed by atoms with van der Waals surface area (Å²) in [5.74, 6) is -1.16. The first kappa shape index (κ1) is 25.1. The van der Waals surface area contributed by atoms with E-state index in [0.717, 1.165) is 46.1 Å². The summed E-state index contributed by atoms with van der Waals surface area (Å²) in [5.41, 5.74) is 8.54. The molecular weight excluding hydrogens is 543 g/mol. The molecule has 0 radical (unpaired) electrons. The van der Waals surface area contributed by atoms with E-state index in [9.17, 15) is 9.59 Å². The third-order valence-corrected chi connectivity index (χ3v) is 5.75. The van der Waals surface area contributed by atoms with Gasteiger partial charge in [0.2, 0.25) is 0 Å². The second kappa shape index (κ2) is 10.7. The molecule has 2 aliphatic rings. The van der Waals surface area contributed by atoms with Gasteiger partial charge in [-0.3, -0.25) is 0 Å². The number of carbonyl (C=O) groups is 2. The Kier molecular flexibility index (Phi) is 7.50. The minimum absolute atomic E-state index is 0. The molecule has 1 heterocycles. The largest absolute Gasteiger partial charge is 0.387 e. The average Bonchev–Trinajstić information content (AvgIpc) is 3.38. The van der Waals surface area contributed by atoms with Crippen molar-refractivity contribution in [3.05, 3.63) is 119 Å². The van der Waals surface area contributed by atoms with Gasteiger partial charge in [0, 0.05) is 49.1 Å². The fourth-order valence-electron chi connectivity index (χ4n) is 4.02. The van der Waals surface area contributed by atoms with E-state index >= 15 is 0 Å². The molecule has 4 aromatic rings. The summed E-state index contributed by atoms with van der Waals surface area (Å²) >= 11 is 0. The fraction of sp³-hybridized carbons (Fsp3) is 0.0667. The van der Waals surface area contributed by atoms with Crippen LogP contribution in [-0.4, -0.2) is 23.4 Å². The van der Waals surface area contributed by atoms with Crippen molar-refractivity contribution in [2.24, 2.45) is 9.98 Å². The van der Waals surface area contributed by atoms with Crippen LogP contribution < -0.4 is 0 Å². The first-order valence-electron chi connectivity index (χ1n) is 11.3. The van der Waals surface area contributed by atoms with Crippen LogP contribution in [0.3, 0.4) is 0 Å². The van der Waals surface area contributed by atoms with Crippen molar-refractivity contribution in [1.29, 1.82) is 0 Å². The quantitative estimate of drug-likeness (QED) is 0.162. The normalized spacial score (nSPS) is 15.6. The Hall–Kier alpha value is -3.98. The molecular formula is C30H22N2O3Pd. The van der Waals surface area contributed by atoms with E-state index in [1.54, 1.807) is 0 Å². The predicted octanol–water partition coefficient (Wildman–Crippen LogP) is 6.34. The molecule has 0 bridgehead atoms. The van der Waals surface area contributed by atoms with Crippen molar-refractivity contribution in [2.45, 2.75) is 13.8 Å². The maximum atomic E-state index is 9.92. The SMILES string of the molecule is Cc1ccc(N=C2C(=Nc3ccc(C)cc3)c3cccc4cccc2c34)cc1.O=C1C=CC(=O)O1.[Pd]. The Balaban J connectivity index is 0.000000331. The van der Waals surface area contributed by atoms with Gasteiger partial charge in [-0.2, -0.15) is 0 Å². The number of esters is 2. The van der Waals surface area contributed by atoms with Crippen molar-refractivity contribution >= 4 is 45.5 Å². The van der Waals surface area contributed by atoms with Crippen LogP contribution in [-0.2, 0) is 34.7 Å². The predicted molar refractivity (Wildman–Crippen MR) is 139 cm³/mol. The fourth-order valence-corrected chi connectivity index (χ4v) is 4.02. The van der Waals surface area contributed by atoms with Crippen LogP contribution in [0.15, 0.2) is 107 Å². The second-order valence-corrected chi connectivity index (χ2v) is 8.37. The Bertz CT molecular complexity index is 1440. The number of aryl methyl sites for hydroxylation is 2. The van der Waals surface area contributed by atoms with Crippen molar-refractivity contribution in [3.63, 3.8) is 0 Å². The van der Waals surface area contributed by atoms with Crippen LogP contribution in [0.2, 0.25) is 0 Å². The Labute approximate surface area is 222 Å². The van der Waals surface area contributed by atoms with Gasteiger partial charge in [-0.15, -0.1) is 0 Å². The van der Waals surface area contributed by atoms with E-state index in [0.29, 0.717) is 0 Å². The van der Waals surface area contributed by atoms with Gasteiger partial charge in [0.15, 0.2) is 0 Å². The standard InChI is InChI=1S/C26H20N2.C4H2O3.Pd/c1-17-9-13-20(14-10-17)27-25-22-7-3-5-19-6-4-8-23(24(19)22)26(25)28-21-15-11-18(2)12-16-21;5-3-1-2-4(6)7-3;/h3-16H,1-2H3;1-2H;. The molecule has 1 aliphatic carbocycles. The number of cyclic esters (lactones) is 2. The van der Waals surface area contributed by atoms with E-state index in [4.69, 9.17) is 9.98 Å². The van der Waals surface area contributed by atoms with Gasteiger partial charge in [-0.25, -0.2) is 19.6 Å². The van der Waals surface area contributed by atoms with Crippen LogP contribution in [0.4, 0.5) is 11.4 Å². The average molecular weight is 565 g/mol. The number of nitrogens with zero attached hydrogens (tertiary/aromatic N) is 2. The van der Waals surface area contributed by atoms with Crippen molar-refractivity contribution in [2.75, 3.05) is 0 Å².